The van der Waals surface area contributed by atoms with Crippen LogP contribution >= 0.6 is 11.8 Å². The average Bonchev–Trinajstić information content (AvgIpc) is 3.65. The van der Waals surface area contributed by atoms with E-state index in [1.165, 1.54) is 93.5 Å². The lowest BCUT2D eigenvalue weighted by molar-refractivity contribution is -0.284. The first-order valence-electron chi connectivity index (χ1n) is 16.3. The number of benzene rings is 1. The first-order chi connectivity index (χ1) is 19.5. The third-order valence-electron chi connectivity index (χ3n) is 11.8. The van der Waals surface area contributed by atoms with Gasteiger partial charge in [-0.3, -0.25) is 0 Å². The van der Waals surface area contributed by atoms with Crippen molar-refractivity contribution in [2.24, 2.45) is 28.6 Å². The van der Waals surface area contributed by atoms with E-state index in [1.54, 1.807) is 0 Å². The Morgan fingerprint density at radius 1 is 0.854 bits per heavy atom. The minimum absolute atomic E-state index is 0.104. The van der Waals surface area contributed by atoms with Crippen LogP contribution in [0, 0.1) is 28.6 Å². The van der Waals surface area contributed by atoms with Gasteiger partial charge >= 0.3 is 12.1 Å². The maximum absolute atomic E-state index is 12.9. The lowest BCUT2D eigenvalue weighted by Crippen LogP contribution is -2.46. The number of hydrogen-bond acceptors (Lipinski definition) is 2. The molecule has 41 heavy (non-hydrogen) atoms. The van der Waals surface area contributed by atoms with Crippen LogP contribution in [0.25, 0.3) is 0 Å². The number of phenols is 1. The number of hydrogen-bond donors (Lipinski definition) is 1. The first kappa shape index (κ1) is 31.4. The van der Waals surface area contributed by atoms with Gasteiger partial charge in [-0.25, -0.2) is 0 Å². The summed E-state index contributed by atoms with van der Waals surface area (Å²) in [5.74, 6) is 0.0711. The molecule has 3 unspecified atom stereocenters. The highest BCUT2D eigenvalue weighted by molar-refractivity contribution is 7.99. The molecule has 1 N–H and O–H groups in total. The molecule has 4 aliphatic carbocycles. The van der Waals surface area contributed by atoms with Crippen molar-refractivity contribution in [3.8, 4) is 5.75 Å². The highest BCUT2D eigenvalue weighted by Crippen LogP contribution is 2.76. The number of aromatic hydroxyl groups is 1. The molecule has 4 aliphatic rings. The van der Waals surface area contributed by atoms with E-state index in [0.29, 0.717) is 28.3 Å². The smallest absolute Gasteiger partial charge is 0.453 e. The zero-order chi connectivity index (χ0) is 29.3. The second kappa shape index (κ2) is 12.6. The third-order valence-corrected chi connectivity index (χ3v) is 13.0. The molecule has 7 heteroatoms. The Balaban J connectivity index is 1.00. The average molecular weight is 601 g/mol. The molecule has 0 aromatic heterocycles. The van der Waals surface area contributed by atoms with Crippen LogP contribution in [0.1, 0.15) is 127 Å². The lowest BCUT2D eigenvalue weighted by Gasteiger charge is -2.54. The van der Waals surface area contributed by atoms with Gasteiger partial charge in [-0.1, -0.05) is 51.5 Å². The predicted molar refractivity (Wildman–Crippen MR) is 158 cm³/mol. The Labute approximate surface area is 247 Å². The van der Waals surface area contributed by atoms with Gasteiger partial charge in [0.15, 0.2) is 0 Å². The molecule has 5 atom stereocenters. The van der Waals surface area contributed by atoms with Crippen molar-refractivity contribution < 1.29 is 27.1 Å². The first-order valence-corrected chi connectivity index (χ1v) is 17.5. The number of rotatable bonds is 14. The number of thioether (sulfide) groups is 1. The maximum Gasteiger partial charge on any atom is 0.453 e. The Morgan fingerprint density at radius 2 is 1.54 bits per heavy atom. The maximum atomic E-state index is 12.9. The minimum Gasteiger partial charge on any atom is -0.508 e. The topological polar surface area (TPSA) is 20.2 Å². The normalized spacial score (nSPS) is 30.2. The molecule has 0 amide bonds. The Hall–Kier alpha value is -0.980. The van der Waals surface area contributed by atoms with Crippen LogP contribution in [-0.4, -0.2) is 28.7 Å². The Kier molecular flexibility index (Phi) is 9.63. The molecule has 0 saturated heterocycles. The van der Waals surface area contributed by atoms with E-state index in [2.05, 4.69) is 13.0 Å². The van der Waals surface area contributed by atoms with Crippen molar-refractivity contribution in [3.63, 3.8) is 0 Å². The van der Waals surface area contributed by atoms with Crippen LogP contribution < -0.4 is 0 Å². The molecule has 0 heterocycles. The van der Waals surface area contributed by atoms with Crippen LogP contribution in [0.2, 0.25) is 0 Å². The SMILES string of the molecule is C[C@]12CCC3c4ccc(O)cc4C[C@@H](CCCCCCCCCSCCCC(F)(F)C(F)(F)F)C3C1CCC21CC1. The van der Waals surface area contributed by atoms with Crippen molar-refractivity contribution in [3.05, 3.63) is 29.3 Å². The van der Waals surface area contributed by atoms with Crippen LogP contribution in [0.4, 0.5) is 22.0 Å². The minimum atomic E-state index is -5.43. The second-order valence-corrected chi connectivity index (χ2v) is 15.3. The fraction of sp³-hybridized carbons (Fsp3) is 0.824. The van der Waals surface area contributed by atoms with E-state index in [9.17, 15) is 27.1 Å². The molecule has 3 saturated carbocycles. The van der Waals surface area contributed by atoms with Gasteiger partial charge in [0.2, 0.25) is 0 Å². The van der Waals surface area contributed by atoms with E-state index in [-0.39, 0.29) is 6.42 Å². The van der Waals surface area contributed by atoms with E-state index < -0.39 is 18.5 Å². The molecule has 1 aromatic carbocycles. The molecule has 3 fully saturated rings. The second-order valence-electron chi connectivity index (χ2n) is 14.1. The summed E-state index contributed by atoms with van der Waals surface area (Å²) < 4.78 is 62.5. The van der Waals surface area contributed by atoms with E-state index in [1.807, 2.05) is 12.1 Å². The van der Waals surface area contributed by atoms with Gasteiger partial charge in [-0.2, -0.15) is 33.7 Å². The van der Waals surface area contributed by atoms with Gasteiger partial charge in [0.1, 0.15) is 5.75 Å². The number of fused-ring (bicyclic) bond motifs is 6. The van der Waals surface area contributed by atoms with Crippen LogP contribution in [0.3, 0.4) is 0 Å². The highest BCUT2D eigenvalue weighted by atomic mass is 32.2. The largest absolute Gasteiger partial charge is 0.508 e. The lowest BCUT2D eigenvalue weighted by atomic mass is 9.50. The van der Waals surface area contributed by atoms with Gasteiger partial charge in [0.25, 0.3) is 0 Å². The highest BCUT2D eigenvalue weighted by Gasteiger charge is 2.67. The number of alkyl halides is 5. The number of halogens is 5. The van der Waals surface area contributed by atoms with Crippen LogP contribution in [0.5, 0.6) is 5.75 Å². The van der Waals surface area contributed by atoms with Crippen LogP contribution in [0.15, 0.2) is 18.2 Å². The number of phenolic OH excluding ortho intramolecular Hbond substituents is 1. The van der Waals surface area contributed by atoms with Crippen molar-refractivity contribution in [2.45, 2.75) is 134 Å². The molecule has 232 valence electrons. The van der Waals surface area contributed by atoms with E-state index in [4.69, 9.17) is 0 Å². The summed E-state index contributed by atoms with van der Waals surface area (Å²) >= 11 is 1.49. The van der Waals surface area contributed by atoms with Crippen molar-refractivity contribution >= 4 is 11.8 Å². The molecule has 1 spiro atoms. The summed E-state index contributed by atoms with van der Waals surface area (Å²) in [4.78, 5) is 0. The standard InChI is InChI=1S/C34H49F5OS/c1-31-16-13-28-27-12-11-26(40)23-25(27)22-24(30(28)29(31)14-17-32(31)18-19-32)10-7-5-3-2-4-6-8-20-41-21-9-15-33(35,36)34(37,38)39/h11-12,23-24,28-30,40H,2-10,13-22H2,1H3/t24-,28?,29?,30?,31+/m1/s1. The molecule has 1 nitrogen and oxygen atoms in total. The van der Waals surface area contributed by atoms with Gasteiger partial charge in [0.05, 0.1) is 0 Å². The molecule has 0 bridgehead atoms. The van der Waals surface area contributed by atoms with Gasteiger partial charge in [-0.05, 0) is 133 Å². The quantitative estimate of drug-likeness (QED) is 0.169. The fourth-order valence-corrected chi connectivity index (χ4v) is 10.4. The third kappa shape index (κ3) is 6.60. The molecule has 0 aliphatic heterocycles. The summed E-state index contributed by atoms with van der Waals surface area (Å²) in [7, 11) is 0. The summed E-state index contributed by atoms with van der Waals surface area (Å²) in [6, 6.07) is 6.17. The molecular weight excluding hydrogens is 551 g/mol. The van der Waals surface area contributed by atoms with Crippen molar-refractivity contribution in [2.75, 3.05) is 11.5 Å². The zero-order valence-corrected chi connectivity index (χ0v) is 25.5. The summed E-state index contributed by atoms with van der Waals surface area (Å²) in [5.41, 5.74) is 4.11. The summed E-state index contributed by atoms with van der Waals surface area (Å²) in [6.07, 6.45) is 12.5. The molecule has 0 radical (unpaired) electrons. The zero-order valence-electron chi connectivity index (χ0n) is 24.7. The van der Waals surface area contributed by atoms with Crippen LogP contribution in [-0.2, 0) is 6.42 Å². The van der Waals surface area contributed by atoms with Crippen molar-refractivity contribution in [1.82, 2.24) is 0 Å². The molecular formula is C34H49F5OS. The predicted octanol–water partition coefficient (Wildman–Crippen LogP) is 11.1. The van der Waals surface area contributed by atoms with Gasteiger partial charge in [0, 0.05) is 6.42 Å². The summed E-state index contributed by atoms with van der Waals surface area (Å²) in [6.45, 7) is 2.64. The van der Waals surface area contributed by atoms with Gasteiger partial charge in [-0.15, -0.1) is 0 Å². The van der Waals surface area contributed by atoms with E-state index >= 15 is 0 Å². The Bertz CT molecular complexity index is 1020. The molecule has 5 rings (SSSR count). The fourth-order valence-electron chi connectivity index (χ4n) is 9.40. The monoisotopic (exact) mass is 600 g/mol. The number of unbranched alkanes of at least 4 members (excludes halogenated alkanes) is 6. The van der Waals surface area contributed by atoms with E-state index in [0.717, 1.165) is 49.2 Å². The van der Waals surface area contributed by atoms with Crippen molar-refractivity contribution in [1.29, 1.82) is 0 Å². The summed E-state index contributed by atoms with van der Waals surface area (Å²) in [5, 5.41) is 10.2. The Morgan fingerprint density at radius 3 is 2.24 bits per heavy atom. The molecule has 1 aromatic rings. The van der Waals surface area contributed by atoms with Gasteiger partial charge < -0.3 is 5.11 Å².